The Morgan fingerprint density at radius 1 is 1.09 bits per heavy atom. The molecule has 2 aromatic carbocycles. The van der Waals surface area contributed by atoms with Gasteiger partial charge < -0.3 is 9.88 Å². The first-order valence-corrected chi connectivity index (χ1v) is 7.34. The number of rotatable bonds is 4. The van der Waals surface area contributed by atoms with Gasteiger partial charge in [-0.05, 0) is 35.9 Å². The minimum atomic E-state index is 0.510. The zero-order chi connectivity index (χ0) is 14.9. The number of benzene rings is 2. The maximum absolute atomic E-state index is 3.90. The van der Waals surface area contributed by atoms with Crippen LogP contribution in [0.3, 0.4) is 0 Å². The van der Waals surface area contributed by atoms with Gasteiger partial charge in [-0.25, -0.2) is 0 Å². The molecule has 0 amide bonds. The number of aromatic nitrogens is 5. The van der Waals surface area contributed by atoms with Crippen molar-refractivity contribution in [2.45, 2.75) is 20.0 Å². The first kappa shape index (κ1) is 12.8. The third-order valence-corrected chi connectivity index (χ3v) is 3.95. The minimum absolute atomic E-state index is 0.510. The van der Waals surface area contributed by atoms with Gasteiger partial charge in [-0.1, -0.05) is 29.4 Å². The maximum Gasteiger partial charge on any atom is 0.263 e. The summed E-state index contributed by atoms with van der Waals surface area (Å²) in [7, 11) is 0. The Balaban J connectivity index is 1.78. The number of anilines is 1. The average molecular weight is 292 g/mol. The summed E-state index contributed by atoms with van der Waals surface area (Å²) >= 11 is 0. The Kier molecular flexibility index (Phi) is 3.00. The number of hydrogen-bond donors (Lipinski definition) is 2. The third kappa shape index (κ3) is 2.00. The van der Waals surface area contributed by atoms with E-state index < -0.39 is 0 Å². The van der Waals surface area contributed by atoms with Crippen molar-refractivity contribution in [1.82, 2.24) is 25.2 Å². The van der Waals surface area contributed by atoms with E-state index in [1.54, 1.807) is 0 Å². The Labute approximate surface area is 127 Å². The van der Waals surface area contributed by atoms with E-state index in [-0.39, 0.29) is 0 Å². The number of aryl methyl sites for hydroxylation is 1. The fraction of sp³-hybridized carbons (Fsp3) is 0.188. The van der Waals surface area contributed by atoms with Gasteiger partial charge in [0.05, 0.1) is 0 Å². The normalized spacial score (nSPS) is 11.3. The molecule has 0 atom stereocenters. The molecule has 0 unspecified atom stereocenters. The van der Waals surface area contributed by atoms with Gasteiger partial charge in [0.25, 0.3) is 5.95 Å². The molecular weight excluding hydrogens is 276 g/mol. The van der Waals surface area contributed by atoms with Gasteiger partial charge in [0.1, 0.15) is 0 Å². The highest BCUT2D eigenvalue weighted by atomic mass is 15.5. The summed E-state index contributed by atoms with van der Waals surface area (Å²) in [5.74, 6) is 0.510. The van der Waals surface area contributed by atoms with Crippen molar-refractivity contribution in [2.75, 3.05) is 5.32 Å². The average Bonchev–Trinajstić information content (AvgIpc) is 3.18. The van der Waals surface area contributed by atoms with Crippen LogP contribution in [0, 0.1) is 0 Å². The van der Waals surface area contributed by atoms with Gasteiger partial charge in [-0.15, -0.1) is 5.10 Å². The maximum atomic E-state index is 3.90. The summed E-state index contributed by atoms with van der Waals surface area (Å²) in [5.41, 5.74) is 3.74. The van der Waals surface area contributed by atoms with Crippen LogP contribution in [-0.2, 0) is 13.1 Å². The molecular formula is C16H16N6. The molecule has 0 aliphatic carbocycles. The molecule has 4 rings (SSSR count). The van der Waals surface area contributed by atoms with Gasteiger partial charge in [0.2, 0.25) is 0 Å². The van der Waals surface area contributed by atoms with E-state index >= 15 is 0 Å². The van der Waals surface area contributed by atoms with E-state index in [9.17, 15) is 0 Å². The van der Waals surface area contributed by atoms with Crippen molar-refractivity contribution < 1.29 is 0 Å². The van der Waals surface area contributed by atoms with E-state index in [4.69, 9.17) is 0 Å². The largest absolute Gasteiger partial charge is 0.348 e. The van der Waals surface area contributed by atoms with Gasteiger partial charge in [0.15, 0.2) is 0 Å². The van der Waals surface area contributed by atoms with Crippen LogP contribution in [0.1, 0.15) is 12.5 Å². The van der Waals surface area contributed by atoms with Crippen LogP contribution in [0.4, 0.5) is 5.95 Å². The molecule has 2 heterocycles. The van der Waals surface area contributed by atoms with Crippen LogP contribution >= 0.6 is 0 Å². The predicted molar refractivity (Wildman–Crippen MR) is 86.6 cm³/mol. The predicted octanol–water partition coefficient (Wildman–Crippen LogP) is 2.94. The lowest BCUT2D eigenvalue weighted by Crippen LogP contribution is -2.01. The highest BCUT2D eigenvalue weighted by molar-refractivity contribution is 6.08. The van der Waals surface area contributed by atoms with Gasteiger partial charge >= 0.3 is 0 Å². The molecule has 2 aromatic heterocycles. The number of H-pyrrole nitrogens is 1. The SMILES string of the molecule is CCn1c2ccccc2c2cc(CNc3nn[nH]n3)ccc21. The molecule has 0 spiro atoms. The first-order valence-electron chi connectivity index (χ1n) is 7.34. The summed E-state index contributed by atoms with van der Waals surface area (Å²) in [5, 5.41) is 19.5. The summed E-state index contributed by atoms with van der Waals surface area (Å²) in [4.78, 5) is 0. The van der Waals surface area contributed by atoms with Crippen molar-refractivity contribution >= 4 is 27.8 Å². The smallest absolute Gasteiger partial charge is 0.263 e. The van der Waals surface area contributed by atoms with E-state index in [0.717, 1.165) is 6.54 Å². The van der Waals surface area contributed by atoms with Gasteiger partial charge in [-0.3, -0.25) is 0 Å². The third-order valence-electron chi connectivity index (χ3n) is 3.95. The number of nitrogens with zero attached hydrogens (tertiary/aromatic N) is 4. The summed E-state index contributed by atoms with van der Waals surface area (Å²) < 4.78 is 2.35. The summed E-state index contributed by atoms with van der Waals surface area (Å²) in [6.07, 6.45) is 0. The molecule has 110 valence electrons. The van der Waals surface area contributed by atoms with Crippen LogP contribution in [0.25, 0.3) is 21.8 Å². The number of fused-ring (bicyclic) bond motifs is 3. The Hall–Kier alpha value is -2.89. The molecule has 0 fully saturated rings. The fourth-order valence-electron chi connectivity index (χ4n) is 2.97. The fourth-order valence-corrected chi connectivity index (χ4v) is 2.97. The number of nitrogens with one attached hydrogen (secondary N) is 2. The summed E-state index contributed by atoms with van der Waals surface area (Å²) in [6.45, 7) is 3.81. The van der Waals surface area contributed by atoms with E-state index in [1.807, 2.05) is 0 Å². The first-order chi connectivity index (χ1) is 10.9. The van der Waals surface area contributed by atoms with Crippen LogP contribution in [-0.4, -0.2) is 25.2 Å². The highest BCUT2D eigenvalue weighted by Crippen LogP contribution is 2.29. The molecule has 0 bridgehead atoms. The highest BCUT2D eigenvalue weighted by Gasteiger charge is 2.09. The zero-order valence-corrected chi connectivity index (χ0v) is 12.2. The molecule has 4 aromatic rings. The number of tetrazole rings is 1. The van der Waals surface area contributed by atoms with Crippen LogP contribution < -0.4 is 5.32 Å². The van der Waals surface area contributed by atoms with E-state index in [1.165, 1.54) is 27.4 Å². The monoisotopic (exact) mass is 292 g/mol. The molecule has 0 aliphatic rings. The quantitative estimate of drug-likeness (QED) is 0.606. The van der Waals surface area contributed by atoms with Crippen LogP contribution in [0.15, 0.2) is 42.5 Å². The Morgan fingerprint density at radius 2 is 1.95 bits per heavy atom. The number of aromatic amines is 1. The van der Waals surface area contributed by atoms with Crippen molar-refractivity contribution in [1.29, 1.82) is 0 Å². The lowest BCUT2D eigenvalue weighted by molar-refractivity contribution is 0.827. The molecule has 0 saturated heterocycles. The second kappa shape index (κ2) is 5.14. The van der Waals surface area contributed by atoms with Crippen molar-refractivity contribution in [3.05, 3.63) is 48.0 Å². The second-order valence-electron chi connectivity index (χ2n) is 5.20. The Morgan fingerprint density at radius 3 is 2.77 bits per heavy atom. The molecule has 0 radical (unpaired) electrons. The molecule has 0 saturated carbocycles. The minimum Gasteiger partial charge on any atom is -0.348 e. The zero-order valence-electron chi connectivity index (χ0n) is 12.2. The Bertz CT molecular complexity index is 923. The lowest BCUT2D eigenvalue weighted by atomic mass is 10.1. The molecule has 2 N–H and O–H groups in total. The van der Waals surface area contributed by atoms with Crippen molar-refractivity contribution in [2.24, 2.45) is 0 Å². The van der Waals surface area contributed by atoms with Crippen LogP contribution in [0.5, 0.6) is 0 Å². The summed E-state index contributed by atoms with van der Waals surface area (Å²) in [6, 6.07) is 15.1. The van der Waals surface area contributed by atoms with E-state index in [2.05, 4.69) is 79.9 Å². The van der Waals surface area contributed by atoms with Gasteiger partial charge in [0, 0.05) is 34.9 Å². The molecule has 22 heavy (non-hydrogen) atoms. The molecule has 0 aliphatic heterocycles. The second-order valence-corrected chi connectivity index (χ2v) is 5.20. The number of hydrogen-bond acceptors (Lipinski definition) is 4. The number of para-hydroxylation sites is 1. The van der Waals surface area contributed by atoms with Crippen molar-refractivity contribution in [3.63, 3.8) is 0 Å². The van der Waals surface area contributed by atoms with Crippen molar-refractivity contribution in [3.8, 4) is 0 Å². The standard InChI is InChI=1S/C16H16N6/c1-2-22-14-6-4-3-5-12(14)13-9-11(7-8-15(13)22)10-17-16-18-20-21-19-16/h3-9H,2,10H2,1H3,(H2,17,18,19,20,21). The lowest BCUT2D eigenvalue weighted by Gasteiger charge is -2.04. The molecule has 6 nitrogen and oxygen atoms in total. The van der Waals surface area contributed by atoms with Crippen LogP contribution in [0.2, 0.25) is 0 Å². The topological polar surface area (TPSA) is 71.4 Å². The van der Waals surface area contributed by atoms with Gasteiger partial charge in [-0.2, -0.15) is 5.21 Å². The van der Waals surface area contributed by atoms with E-state index in [0.29, 0.717) is 12.5 Å². The molecule has 6 heteroatoms.